The number of hydrogen-bond acceptors (Lipinski definition) is 3. The summed E-state index contributed by atoms with van der Waals surface area (Å²) in [6.07, 6.45) is 0.271. The van der Waals surface area contributed by atoms with Gasteiger partial charge >= 0.3 is 5.97 Å². The predicted octanol–water partition coefficient (Wildman–Crippen LogP) is 0.197. The number of carboxylic acids is 1. The number of rotatable bonds is 6. The van der Waals surface area contributed by atoms with E-state index in [1.54, 1.807) is 13.8 Å². The molecule has 4 N–H and O–H groups in total. The van der Waals surface area contributed by atoms with E-state index in [-0.39, 0.29) is 24.2 Å². The van der Waals surface area contributed by atoms with Crippen molar-refractivity contribution in [1.29, 1.82) is 0 Å². The summed E-state index contributed by atoms with van der Waals surface area (Å²) in [6.45, 7) is 5.79. The maximum atomic E-state index is 11.4. The molecule has 5 heteroatoms. The van der Waals surface area contributed by atoms with Gasteiger partial charge in [0.1, 0.15) is 6.04 Å². The van der Waals surface area contributed by atoms with Crippen LogP contribution >= 0.6 is 0 Å². The van der Waals surface area contributed by atoms with Crippen LogP contribution in [0.4, 0.5) is 0 Å². The Morgan fingerprint density at radius 3 is 2.20 bits per heavy atom. The Hall–Kier alpha value is -1.10. The van der Waals surface area contributed by atoms with Gasteiger partial charge in [0, 0.05) is 6.42 Å². The highest BCUT2D eigenvalue weighted by atomic mass is 16.4. The van der Waals surface area contributed by atoms with Gasteiger partial charge < -0.3 is 16.2 Å². The smallest absolute Gasteiger partial charge is 0.326 e. The van der Waals surface area contributed by atoms with Crippen LogP contribution in [0.1, 0.15) is 27.2 Å². The van der Waals surface area contributed by atoms with Gasteiger partial charge in [-0.05, 0) is 18.4 Å². The number of nitrogens with one attached hydrogen (secondary N) is 1. The highest BCUT2D eigenvalue weighted by Gasteiger charge is 2.23. The zero-order valence-electron chi connectivity index (χ0n) is 9.49. The van der Waals surface area contributed by atoms with Crippen molar-refractivity contribution in [3.05, 3.63) is 0 Å². The molecule has 88 valence electrons. The third kappa shape index (κ3) is 5.37. The molecule has 0 aromatic rings. The summed E-state index contributed by atoms with van der Waals surface area (Å²) in [5.74, 6) is -1.31. The molecular formula is C10H20N2O3. The normalized spacial score (nSPS) is 14.7. The minimum atomic E-state index is -1.00. The molecule has 0 fully saturated rings. The molecule has 0 saturated heterocycles. The zero-order valence-corrected chi connectivity index (χ0v) is 9.49. The summed E-state index contributed by atoms with van der Waals surface area (Å²) in [6, 6.07) is -0.817. The first kappa shape index (κ1) is 13.9. The van der Waals surface area contributed by atoms with Crippen molar-refractivity contribution in [3.8, 4) is 0 Å². The molecule has 15 heavy (non-hydrogen) atoms. The van der Waals surface area contributed by atoms with Crippen LogP contribution < -0.4 is 11.1 Å². The maximum Gasteiger partial charge on any atom is 0.326 e. The minimum absolute atomic E-state index is 0.0756. The third-order valence-corrected chi connectivity index (χ3v) is 2.19. The van der Waals surface area contributed by atoms with Gasteiger partial charge in [0.2, 0.25) is 5.91 Å². The van der Waals surface area contributed by atoms with Gasteiger partial charge in [-0.3, -0.25) is 4.79 Å². The second kappa shape index (κ2) is 6.40. The molecule has 0 bridgehead atoms. The average molecular weight is 216 g/mol. The van der Waals surface area contributed by atoms with Crippen molar-refractivity contribution in [2.24, 2.45) is 17.6 Å². The molecule has 0 heterocycles. The lowest BCUT2D eigenvalue weighted by atomic mass is 10.0. The molecule has 0 radical (unpaired) electrons. The Balaban J connectivity index is 4.18. The second-order valence-electron chi connectivity index (χ2n) is 4.17. The molecule has 0 aliphatic heterocycles. The SMILES string of the molecule is CC(CN)CC(=O)N[C@@H](C(=O)O)C(C)C. The van der Waals surface area contributed by atoms with Crippen LogP contribution in [0.15, 0.2) is 0 Å². The van der Waals surface area contributed by atoms with Crippen molar-refractivity contribution in [3.63, 3.8) is 0 Å². The molecule has 5 nitrogen and oxygen atoms in total. The van der Waals surface area contributed by atoms with Crippen LogP contribution in [0.3, 0.4) is 0 Å². The first-order valence-corrected chi connectivity index (χ1v) is 5.10. The van der Waals surface area contributed by atoms with Gasteiger partial charge in [-0.2, -0.15) is 0 Å². The fourth-order valence-electron chi connectivity index (χ4n) is 1.15. The van der Waals surface area contributed by atoms with Gasteiger partial charge in [-0.25, -0.2) is 4.79 Å². The van der Waals surface area contributed by atoms with E-state index < -0.39 is 12.0 Å². The summed E-state index contributed by atoms with van der Waals surface area (Å²) >= 11 is 0. The number of nitrogens with two attached hydrogens (primary N) is 1. The minimum Gasteiger partial charge on any atom is -0.480 e. The van der Waals surface area contributed by atoms with E-state index >= 15 is 0 Å². The average Bonchev–Trinajstić information content (AvgIpc) is 2.12. The number of aliphatic carboxylic acids is 1. The van der Waals surface area contributed by atoms with Crippen molar-refractivity contribution in [2.75, 3.05) is 6.54 Å². The van der Waals surface area contributed by atoms with Crippen molar-refractivity contribution >= 4 is 11.9 Å². The second-order valence-corrected chi connectivity index (χ2v) is 4.17. The number of carboxylic acid groups (broad SMARTS) is 1. The van der Waals surface area contributed by atoms with E-state index in [0.29, 0.717) is 6.54 Å². The molecule has 1 unspecified atom stereocenters. The number of amides is 1. The Kier molecular flexibility index (Phi) is 5.93. The maximum absolute atomic E-state index is 11.4. The monoisotopic (exact) mass is 216 g/mol. The molecule has 0 aromatic heterocycles. The summed E-state index contributed by atoms with van der Waals surface area (Å²) in [4.78, 5) is 22.2. The molecule has 0 rings (SSSR count). The van der Waals surface area contributed by atoms with E-state index in [4.69, 9.17) is 10.8 Å². The van der Waals surface area contributed by atoms with Crippen LogP contribution in [-0.2, 0) is 9.59 Å². The predicted molar refractivity (Wildman–Crippen MR) is 57.2 cm³/mol. The highest BCUT2D eigenvalue weighted by molar-refractivity contribution is 5.83. The van der Waals surface area contributed by atoms with Crippen LogP contribution in [0.5, 0.6) is 0 Å². The summed E-state index contributed by atoms with van der Waals surface area (Å²) in [5, 5.41) is 11.3. The molecule has 2 atom stereocenters. The van der Waals surface area contributed by atoms with Crippen LogP contribution in [0.25, 0.3) is 0 Å². The van der Waals surface area contributed by atoms with E-state index in [2.05, 4.69) is 5.32 Å². The number of carbonyl (C=O) groups excluding carboxylic acids is 1. The highest BCUT2D eigenvalue weighted by Crippen LogP contribution is 2.04. The zero-order chi connectivity index (χ0) is 12.0. The quantitative estimate of drug-likeness (QED) is 0.591. The van der Waals surface area contributed by atoms with Crippen LogP contribution in [0, 0.1) is 11.8 Å². The lowest BCUT2D eigenvalue weighted by molar-refractivity contribution is -0.143. The van der Waals surface area contributed by atoms with Crippen molar-refractivity contribution in [2.45, 2.75) is 33.2 Å². The van der Waals surface area contributed by atoms with Gasteiger partial charge in [0.05, 0.1) is 0 Å². The first-order chi connectivity index (χ1) is 6.88. The Labute approximate surface area is 90.0 Å². The Morgan fingerprint density at radius 1 is 1.33 bits per heavy atom. The fraction of sp³-hybridized carbons (Fsp3) is 0.800. The summed E-state index contributed by atoms with van der Waals surface area (Å²) in [7, 11) is 0. The van der Waals surface area contributed by atoms with E-state index in [0.717, 1.165) is 0 Å². The van der Waals surface area contributed by atoms with Gasteiger partial charge in [0.25, 0.3) is 0 Å². The van der Waals surface area contributed by atoms with Gasteiger partial charge in [-0.15, -0.1) is 0 Å². The summed E-state index contributed by atoms with van der Waals surface area (Å²) in [5.41, 5.74) is 5.37. The molecule has 0 aliphatic carbocycles. The van der Waals surface area contributed by atoms with Gasteiger partial charge in [-0.1, -0.05) is 20.8 Å². The van der Waals surface area contributed by atoms with E-state index in [1.165, 1.54) is 0 Å². The topological polar surface area (TPSA) is 92.4 Å². The molecule has 0 saturated carbocycles. The Morgan fingerprint density at radius 2 is 1.87 bits per heavy atom. The first-order valence-electron chi connectivity index (χ1n) is 5.10. The lowest BCUT2D eigenvalue weighted by Crippen LogP contribution is -2.44. The van der Waals surface area contributed by atoms with Crippen LogP contribution in [0.2, 0.25) is 0 Å². The standard InChI is InChI=1S/C10H20N2O3/c1-6(2)9(10(14)15)12-8(13)4-7(3)5-11/h6-7,9H,4-5,11H2,1-3H3,(H,12,13)(H,14,15)/t7?,9-/m1/s1. The van der Waals surface area contributed by atoms with E-state index in [9.17, 15) is 9.59 Å². The largest absolute Gasteiger partial charge is 0.480 e. The third-order valence-electron chi connectivity index (χ3n) is 2.19. The van der Waals surface area contributed by atoms with Crippen LogP contribution in [-0.4, -0.2) is 29.6 Å². The number of carbonyl (C=O) groups is 2. The number of hydrogen-bond donors (Lipinski definition) is 3. The summed E-state index contributed by atoms with van der Waals surface area (Å²) < 4.78 is 0. The molecule has 0 aliphatic rings. The lowest BCUT2D eigenvalue weighted by Gasteiger charge is -2.18. The fourth-order valence-corrected chi connectivity index (χ4v) is 1.15. The van der Waals surface area contributed by atoms with Crippen molar-refractivity contribution in [1.82, 2.24) is 5.32 Å². The molecule has 0 spiro atoms. The molecule has 1 amide bonds. The molecular weight excluding hydrogens is 196 g/mol. The Bertz CT molecular complexity index is 229. The van der Waals surface area contributed by atoms with Crippen molar-refractivity contribution < 1.29 is 14.7 Å². The molecule has 0 aromatic carbocycles. The van der Waals surface area contributed by atoms with E-state index in [1.807, 2.05) is 6.92 Å². The van der Waals surface area contributed by atoms with Gasteiger partial charge in [0.15, 0.2) is 0 Å².